The molecule has 0 saturated carbocycles. The summed E-state index contributed by atoms with van der Waals surface area (Å²) >= 11 is 0.601. The first-order chi connectivity index (χ1) is 9.34. The molecule has 19 heavy (non-hydrogen) atoms. The van der Waals surface area contributed by atoms with Gasteiger partial charge in [-0.3, -0.25) is 0 Å². The van der Waals surface area contributed by atoms with Crippen LogP contribution < -0.4 is 0 Å². The first-order valence-electron chi connectivity index (χ1n) is 6.84. The predicted octanol–water partition coefficient (Wildman–Crippen LogP) is 4.24. The van der Waals surface area contributed by atoms with Gasteiger partial charge in [0.1, 0.15) is 0 Å². The Balaban J connectivity index is 2.09. The van der Waals surface area contributed by atoms with Crippen LogP contribution in [0.3, 0.4) is 0 Å². The van der Waals surface area contributed by atoms with E-state index in [0.717, 1.165) is 0 Å². The van der Waals surface area contributed by atoms with Gasteiger partial charge in [-0.2, -0.15) is 0 Å². The van der Waals surface area contributed by atoms with E-state index in [1.807, 2.05) is 0 Å². The van der Waals surface area contributed by atoms with E-state index in [2.05, 4.69) is 67.6 Å². The molecule has 0 N–H and O–H groups in total. The fraction of sp³-hybridized carbons (Fsp3) is 0.222. The molecule has 1 aliphatic carbocycles. The molecule has 0 nitrogen and oxygen atoms in total. The van der Waals surface area contributed by atoms with Gasteiger partial charge in [-0.25, -0.2) is 0 Å². The maximum absolute atomic E-state index is 2.42. The van der Waals surface area contributed by atoms with Gasteiger partial charge < -0.3 is 0 Å². The molecule has 2 aromatic rings. The molecule has 0 radical (unpaired) electrons. The van der Waals surface area contributed by atoms with E-state index in [1.165, 1.54) is 16.4 Å². The summed E-state index contributed by atoms with van der Waals surface area (Å²) in [6.07, 6.45) is 4.80. The number of hydrogen-bond donors (Lipinski definition) is 0. The molecule has 94 valence electrons. The first-order valence-corrected chi connectivity index (χ1v) is 8.91. The van der Waals surface area contributed by atoms with Gasteiger partial charge in [-0.15, -0.1) is 0 Å². The normalized spacial score (nSPS) is 22.3. The van der Waals surface area contributed by atoms with Crippen molar-refractivity contribution in [2.24, 2.45) is 5.92 Å². The van der Waals surface area contributed by atoms with Gasteiger partial charge in [0.05, 0.1) is 0 Å². The quantitative estimate of drug-likeness (QED) is 0.504. The summed E-state index contributed by atoms with van der Waals surface area (Å²) in [5.74, 6) is 0.603. The van der Waals surface area contributed by atoms with Crippen LogP contribution in [0, 0.1) is 5.92 Å². The van der Waals surface area contributed by atoms with Crippen LogP contribution >= 0.6 is 0 Å². The average molecular weight is 311 g/mol. The van der Waals surface area contributed by atoms with Gasteiger partial charge in [-0.05, 0) is 0 Å². The molecule has 1 unspecified atom stereocenters. The molecule has 0 amide bonds. The Bertz CT molecular complexity index is 623. The van der Waals surface area contributed by atoms with Gasteiger partial charge in [0.25, 0.3) is 0 Å². The van der Waals surface area contributed by atoms with E-state index in [-0.39, 0.29) is 4.31 Å². The molecule has 1 atom stereocenters. The minimum atomic E-state index is 0.273. The summed E-state index contributed by atoms with van der Waals surface area (Å²) < 4.78 is 0.273. The SMILES string of the molecule is CC1C=CC[Se]C12c1ccccc1-c1ccccc12. The van der Waals surface area contributed by atoms with Crippen molar-refractivity contribution in [3.05, 3.63) is 71.8 Å². The average Bonchev–Trinajstić information content (AvgIpc) is 2.75. The van der Waals surface area contributed by atoms with Crippen LogP contribution in [0.2, 0.25) is 5.32 Å². The van der Waals surface area contributed by atoms with E-state index in [0.29, 0.717) is 20.9 Å². The van der Waals surface area contributed by atoms with Crippen molar-refractivity contribution in [2.45, 2.75) is 16.6 Å². The Morgan fingerprint density at radius 2 is 1.53 bits per heavy atom. The van der Waals surface area contributed by atoms with E-state index >= 15 is 0 Å². The molecule has 1 heterocycles. The Morgan fingerprint density at radius 1 is 0.947 bits per heavy atom. The van der Waals surface area contributed by atoms with E-state index in [4.69, 9.17) is 0 Å². The minimum absolute atomic E-state index is 0.273. The van der Waals surface area contributed by atoms with Gasteiger partial charge >= 0.3 is 120 Å². The van der Waals surface area contributed by atoms with Gasteiger partial charge in [-0.1, -0.05) is 0 Å². The molecule has 2 aromatic carbocycles. The van der Waals surface area contributed by atoms with E-state index in [9.17, 15) is 0 Å². The molecule has 0 aromatic heterocycles. The zero-order valence-electron chi connectivity index (χ0n) is 11.0. The van der Waals surface area contributed by atoms with Crippen LogP contribution in [0.1, 0.15) is 18.1 Å². The molecular weight excluding hydrogens is 295 g/mol. The van der Waals surface area contributed by atoms with Crippen LogP contribution in [0.15, 0.2) is 60.7 Å². The van der Waals surface area contributed by atoms with E-state index in [1.54, 1.807) is 11.1 Å². The molecule has 4 rings (SSSR count). The van der Waals surface area contributed by atoms with Crippen LogP contribution in [0.4, 0.5) is 0 Å². The van der Waals surface area contributed by atoms with Crippen LogP contribution in [0.25, 0.3) is 11.1 Å². The second-order valence-electron chi connectivity index (χ2n) is 5.35. The predicted molar refractivity (Wildman–Crippen MR) is 81.5 cm³/mol. The van der Waals surface area contributed by atoms with Crippen molar-refractivity contribution in [3.63, 3.8) is 0 Å². The number of rotatable bonds is 0. The van der Waals surface area contributed by atoms with Crippen molar-refractivity contribution in [1.82, 2.24) is 0 Å². The summed E-state index contributed by atoms with van der Waals surface area (Å²) in [6.45, 7) is 2.39. The monoisotopic (exact) mass is 312 g/mol. The van der Waals surface area contributed by atoms with Crippen molar-refractivity contribution >= 4 is 15.0 Å². The van der Waals surface area contributed by atoms with Crippen molar-refractivity contribution in [2.75, 3.05) is 0 Å². The third-order valence-corrected chi connectivity index (χ3v) is 7.83. The third-order valence-electron chi connectivity index (χ3n) is 4.42. The third kappa shape index (κ3) is 1.40. The Kier molecular flexibility index (Phi) is 2.48. The Labute approximate surface area is 120 Å². The molecular formula is C18H16Se. The van der Waals surface area contributed by atoms with Gasteiger partial charge in [0, 0.05) is 0 Å². The summed E-state index contributed by atoms with van der Waals surface area (Å²) in [4.78, 5) is 0. The standard InChI is InChI=1S/C18H16Se/c1-13-7-6-12-19-18(13)16-10-4-2-8-14(16)15-9-3-5-11-17(15)18/h2-11,13H,12H2,1H3. The Hall–Kier alpha value is -1.30. The van der Waals surface area contributed by atoms with Crippen molar-refractivity contribution < 1.29 is 0 Å². The molecule has 0 fully saturated rings. The van der Waals surface area contributed by atoms with Crippen molar-refractivity contribution in [1.29, 1.82) is 0 Å². The number of fused-ring (bicyclic) bond motifs is 5. The number of benzene rings is 2. The molecule has 2 aliphatic rings. The first kappa shape index (κ1) is 11.5. The summed E-state index contributed by atoms with van der Waals surface area (Å²) in [6, 6.07) is 18.0. The number of allylic oxidation sites excluding steroid dienone is 2. The zero-order valence-corrected chi connectivity index (χ0v) is 12.7. The van der Waals surface area contributed by atoms with Gasteiger partial charge in [0.15, 0.2) is 0 Å². The fourth-order valence-corrected chi connectivity index (χ4v) is 6.68. The second kappa shape index (κ2) is 4.10. The van der Waals surface area contributed by atoms with Gasteiger partial charge in [0.2, 0.25) is 0 Å². The maximum atomic E-state index is 2.42. The van der Waals surface area contributed by atoms with E-state index < -0.39 is 0 Å². The van der Waals surface area contributed by atoms with Crippen LogP contribution in [-0.4, -0.2) is 15.0 Å². The summed E-state index contributed by atoms with van der Waals surface area (Å²) in [5, 5.41) is 1.25. The van der Waals surface area contributed by atoms with Crippen LogP contribution in [-0.2, 0) is 4.31 Å². The number of hydrogen-bond acceptors (Lipinski definition) is 0. The Morgan fingerprint density at radius 3 is 2.11 bits per heavy atom. The zero-order chi connectivity index (χ0) is 12.9. The fourth-order valence-electron chi connectivity index (χ4n) is 3.58. The molecule has 0 saturated heterocycles. The topological polar surface area (TPSA) is 0 Å². The molecule has 1 aliphatic heterocycles. The molecule has 1 heteroatoms. The molecule has 1 spiro atoms. The summed E-state index contributed by atoms with van der Waals surface area (Å²) in [7, 11) is 0. The van der Waals surface area contributed by atoms with Crippen LogP contribution in [0.5, 0.6) is 0 Å². The second-order valence-corrected chi connectivity index (χ2v) is 8.01. The molecule has 0 bridgehead atoms. The van der Waals surface area contributed by atoms with Crippen molar-refractivity contribution in [3.8, 4) is 11.1 Å². The summed E-state index contributed by atoms with van der Waals surface area (Å²) in [5.41, 5.74) is 6.05.